The molecule has 14 heavy (non-hydrogen) atoms. The van der Waals surface area contributed by atoms with Gasteiger partial charge in [-0.2, -0.15) is 0 Å². The summed E-state index contributed by atoms with van der Waals surface area (Å²) in [5.74, 6) is -1.29. The van der Waals surface area contributed by atoms with Gasteiger partial charge in [-0.05, 0) is 0 Å². The van der Waals surface area contributed by atoms with Crippen LogP contribution < -0.4 is 10.6 Å². The number of urea groups is 1. The number of carboxylic acids is 1. The SMILES string of the molecule is C=C(Br)CNC(=O)N[C@H](CO)C(=O)O. The summed E-state index contributed by atoms with van der Waals surface area (Å²) < 4.78 is 0.559. The Labute approximate surface area is 89.1 Å². The van der Waals surface area contributed by atoms with Gasteiger partial charge < -0.3 is 20.8 Å². The molecule has 0 bridgehead atoms. The minimum Gasteiger partial charge on any atom is -0.480 e. The van der Waals surface area contributed by atoms with Crippen LogP contribution in [0.2, 0.25) is 0 Å². The largest absolute Gasteiger partial charge is 0.480 e. The van der Waals surface area contributed by atoms with Crippen LogP contribution in [0.25, 0.3) is 0 Å². The van der Waals surface area contributed by atoms with Crippen molar-refractivity contribution in [1.82, 2.24) is 10.6 Å². The number of hydrogen-bond acceptors (Lipinski definition) is 3. The number of carbonyl (C=O) groups is 2. The fourth-order valence-electron chi connectivity index (χ4n) is 0.571. The summed E-state index contributed by atoms with van der Waals surface area (Å²) in [5.41, 5.74) is 0. The van der Waals surface area contributed by atoms with E-state index in [0.717, 1.165) is 0 Å². The van der Waals surface area contributed by atoms with Crippen molar-refractivity contribution in [3.05, 3.63) is 11.1 Å². The second kappa shape index (κ2) is 6.39. The lowest BCUT2D eigenvalue weighted by atomic mass is 10.3. The quantitative estimate of drug-likeness (QED) is 0.546. The maximum absolute atomic E-state index is 11.0. The summed E-state index contributed by atoms with van der Waals surface area (Å²) in [7, 11) is 0. The van der Waals surface area contributed by atoms with Crippen LogP contribution in [-0.4, -0.2) is 41.4 Å². The molecule has 0 saturated carbocycles. The Morgan fingerprint density at radius 1 is 1.50 bits per heavy atom. The topological polar surface area (TPSA) is 98.7 Å². The van der Waals surface area contributed by atoms with Crippen LogP contribution in [0.5, 0.6) is 0 Å². The monoisotopic (exact) mass is 266 g/mol. The minimum absolute atomic E-state index is 0.184. The number of rotatable bonds is 5. The van der Waals surface area contributed by atoms with Gasteiger partial charge in [0.15, 0.2) is 6.04 Å². The zero-order valence-electron chi connectivity index (χ0n) is 7.29. The van der Waals surface area contributed by atoms with Gasteiger partial charge in [-0.15, -0.1) is 0 Å². The Balaban J connectivity index is 3.91. The number of halogens is 1. The normalized spacial score (nSPS) is 11.6. The number of carboxylic acid groups (broad SMARTS) is 1. The van der Waals surface area contributed by atoms with Crippen molar-refractivity contribution in [1.29, 1.82) is 0 Å². The van der Waals surface area contributed by atoms with E-state index in [4.69, 9.17) is 10.2 Å². The molecule has 0 heterocycles. The average molecular weight is 267 g/mol. The van der Waals surface area contributed by atoms with Crippen LogP contribution in [-0.2, 0) is 4.79 Å². The smallest absolute Gasteiger partial charge is 0.328 e. The summed E-state index contributed by atoms with van der Waals surface area (Å²) in [6, 6.07) is -1.97. The van der Waals surface area contributed by atoms with Gasteiger partial charge in [-0.1, -0.05) is 22.5 Å². The molecule has 0 radical (unpaired) electrons. The molecule has 0 saturated heterocycles. The first-order valence-corrected chi connectivity index (χ1v) is 4.48. The zero-order valence-corrected chi connectivity index (χ0v) is 8.87. The Morgan fingerprint density at radius 3 is 2.43 bits per heavy atom. The van der Waals surface area contributed by atoms with Crippen LogP contribution >= 0.6 is 15.9 Å². The first-order valence-electron chi connectivity index (χ1n) is 3.68. The average Bonchev–Trinajstić information content (AvgIpc) is 2.10. The number of hydrogen-bond donors (Lipinski definition) is 4. The molecule has 6 nitrogen and oxygen atoms in total. The van der Waals surface area contributed by atoms with Crippen molar-refractivity contribution in [3.8, 4) is 0 Å². The van der Waals surface area contributed by atoms with Crippen molar-refractivity contribution in [3.63, 3.8) is 0 Å². The Morgan fingerprint density at radius 2 is 2.07 bits per heavy atom. The van der Waals surface area contributed by atoms with Crippen LogP contribution in [0.1, 0.15) is 0 Å². The second-order valence-electron chi connectivity index (χ2n) is 2.42. The lowest BCUT2D eigenvalue weighted by Crippen LogP contribution is -2.48. The molecule has 0 aromatic rings. The Hall–Kier alpha value is -1.08. The minimum atomic E-state index is -1.29. The molecule has 0 aromatic carbocycles. The van der Waals surface area contributed by atoms with Gasteiger partial charge >= 0.3 is 12.0 Å². The van der Waals surface area contributed by atoms with Gasteiger partial charge in [-0.3, -0.25) is 0 Å². The summed E-state index contributed by atoms with van der Waals surface area (Å²) >= 11 is 3.01. The molecule has 1 atom stereocenters. The van der Waals surface area contributed by atoms with Crippen molar-refractivity contribution in [2.24, 2.45) is 0 Å². The van der Waals surface area contributed by atoms with Gasteiger partial charge in [0.1, 0.15) is 0 Å². The predicted molar refractivity (Wildman–Crippen MR) is 53.1 cm³/mol. The van der Waals surface area contributed by atoms with E-state index in [-0.39, 0.29) is 6.54 Å². The number of carbonyl (C=O) groups excluding carboxylic acids is 1. The van der Waals surface area contributed by atoms with Crippen molar-refractivity contribution in [2.75, 3.05) is 13.2 Å². The van der Waals surface area contributed by atoms with Gasteiger partial charge in [0.25, 0.3) is 0 Å². The van der Waals surface area contributed by atoms with Crippen LogP contribution in [0, 0.1) is 0 Å². The molecule has 0 aliphatic rings. The number of amides is 2. The molecular weight excluding hydrogens is 256 g/mol. The zero-order chi connectivity index (χ0) is 11.1. The highest BCUT2D eigenvalue weighted by Crippen LogP contribution is 1.96. The van der Waals surface area contributed by atoms with E-state index in [1.807, 2.05) is 0 Å². The molecule has 0 aromatic heterocycles. The fourth-order valence-corrected chi connectivity index (χ4v) is 0.711. The second-order valence-corrected chi connectivity index (χ2v) is 3.54. The number of aliphatic hydroxyl groups excluding tert-OH is 1. The molecule has 0 aliphatic heterocycles. The highest BCUT2D eigenvalue weighted by molar-refractivity contribution is 9.11. The molecule has 0 rings (SSSR count). The highest BCUT2D eigenvalue weighted by atomic mass is 79.9. The van der Waals surface area contributed by atoms with E-state index in [9.17, 15) is 9.59 Å². The first kappa shape index (κ1) is 12.9. The maximum atomic E-state index is 11.0. The molecule has 0 unspecified atom stereocenters. The van der Waals surface area contributed by atoms with Gasteiger partial charge in [0.05, 0.1) is 13.2 Å². The molecular formula is C7H11BrN2O4. The van der Waals surface area contributed by atoms with Crippen LogP contribution in [0.15, 0.2) is 11.1 Å². The third-order valence-corrected chi connectivity index (χ3v) is 1.51. The van der Waals surface area contributed by atoms with E-state index in [2.05, 4.69) is 33.1 Å². The van der Waals surface area contributed by atoms with Gasteiger partial charge in [-0.25, -0.2) is 9.59 Å². The molecule has 80 valence electrons. The predicted octanol–water partition coefficient (Wildman–Crippen LogP) is -0.360. The molecule has 0 spiro atoms. The van der Waals surface area contributed by atoms with Crippen molar-refractivity contribution < 1.29 is 19.8 Å². The number of aliphatic carboxylic acids is 1. The van der Waals surface area contributed by atoms with E-state index >= 15 is 0 Å². The summed E-state index contributed by atoms with van der Waals surface area (Å²) in [6.07, 6.45) is 0. The molecule has 4 N–H and O–H groups in total. The maximum Gasteiger partial charge on any atom is 0.328 e. The van der Waals surface area contributed by atoms with E-state index < -0.39 is 24.6 Å². The van der Waals surface area contributed by atoms with Crippen molar-refractivity contribution >= 4 is 27.9 Å². The van der Waals surface area contributed by atoms with Crippen molar-refractivity contribution in [2.45, 2.75) is 6.04 Å². The van der Waals surface area contributed by atoms with Gasteiger partial charge in [0.2, 0.25) is 0 Å². The van der Waals surface area contributed by atoms with Crippen LogP contribution in [0.3, 0.4) is 0 Å². The van der Waals surface area contributed by atoms with Gasteiger partial charge in [0, 0.05) is 4.48 Å². The van der Waals surface area contributed by atoms with E-state index in [0.29, 0.717) is 4.48 Å². The summed E-state index contributed by atoms with van der Waals surface area (Å²) in [4.78, 5) is 21.3. The highest BCUT2D eigenvalue weighted by Gasteiger charge is 2.17. The lowest BCUT2D eigenvalue weighted by molar-refractivity contribution is -0.140. The number of aliphatic hydroxyl groups is 1. The first-order chi connectivity index (χ1) is 6.47. The molecule has 7 heteroatoms. The van der Waals surface area contributed by atoms with E-state index in [1.165, 1.54) is 0 Å². The Kier molecular flexibility index (Phi) is 5.89. The fraction of sp³-hybridized carbons (Fsp3) is 0.429. The van der Waals surface area contributed by atoms with E-state index in [1.54, 1.807) is 0 Å². The third-order valence-electron chi connectivity index (χ3n) is 1.23. The standard InChI is InChI=1S/C7H11BrN2O4/c1-4(8)2-9-7(14)10-5(3-11)6(12)13/h5,11H,1-3H2,(H,12,13)(H2,9,10,14)/t5-/m1/s1. The summed E-state index contributed by atoms with van der Waals surface area (Å²) in [6.45, 7) is 3.00. The molecule has 0 aliphatic carbocycles. The van der Waals surface area contributed by atoms with Crippen LogP contribution in [0.4, 0.5) is 4.79 Å². The molecule has 2 amide bonds. The lowest BCUT2D eigenvalue weighted by Gasteiger charge is -2.12. The number of nitrogens with one attached hydrogen (secondary N) is 2. The molecule has 0 fully saturated rings. The Bertz CT molecular complexity index is 244. The summed E-state index contributed by atoms with van der Waals surface area (Å²) in [5, 5.41) is 21.4. The third kappa shape index (κ3) is 5.55.